The minimum Gasteiger partial charge on any atom is -0.409 e. The molecule has 0 spiro atoms. The highest BCUT2D eigenvalue weighted by Crippen LogP contribution is 2.33. The van der Waals surface area contributed by atoms with Crippen molar-refractivity contribution in [3.8, 4) is 5.69 Å². The van der Waals surface area contributed by atoms with Gasteiger partial charge >= 0.3 is 6.18 Å². The first-order chi connectivity index (χ1) is 9.32. The summed E-state index contributed by atoms with van der Waals surface area (Å²) in [5.41, 5.74) is 5.18. The summed E-state index contributed by atoms with van der Waals surface area (Å²) in [5.74, 6) is -0.608. The van der Waals surface area contributed by atoms with Crippen molar-refractivity contribution in [1.82, 2.24) is 9.78 Å². The van der Waals surface area contributed by atoms with E-state index in [0.29, 0.717) is 5.69 Å². The van der Waals surface area contributed by atoms with Gasteiger partial charge in [-0.05, 0) is 30.7 Å². The van der Waals surface area contributed by atoms with Crippen molar-refractivity contribution in [3.63, 3.8) is 0 Å². The van der Waals surface area contributed by atoms with Crippen molar-refractivity contribution in [2.24, 2.45) is 10.9 Å². The van der Waals surface area contributed by atoms with Crippen LogP contribution in [0.25, 0.3) is 5.69 Å². The first kappa shape index (κ1) is 13.9. The molecule has 20 heavy (non-hydrogen) atoms. The molecule has 1 aromatic heterocycles. The van der Waals surface area contributed by atoms with Crippen molar-refractivity contribution in [3.05, 3.63) is 47.3 Å². The Morgan fingerprint density at radius 3 is 2.60 bits per heavy atom. The molecule has 0 aliphatic carbocycles. The number of halogens is 3. The third kappa shape index (κ3) is 2.58. The Kier molecular flexibility index (Phi) is 3.39. The van der Waals surface area contributed by atoms with Gasteiger partial charge in [0, 0.05) is 11.8 Å². The second-order valence-corrected chi connectivity index (χ2v) is 4.18. The third-order valence-electron chi connectivity index (χ3n) is 2.67. The Hall–Kier alpha value is -2.51. The lowest BCUT2D eigenvalue weighted by Gasteiger charge is -2.13. The summed E-state index contributed by atoms with van der Waals surface area (Å²) in [6.07, 6.45) is -1.37. The Labute approximate surface area is 112 Å². The predicted molar refractivity (Wildman–Crippen MR) is 65.8 cm³/mol. The van der Waals surface area contributed by atoms with E-state index in [0.717, 1.165) is 11.6 Å². The second-order valence-electron chi connectivity index (χ2n) is 4.18. The lowest BCUT2D eigenvalue weighted by Crippen LogP contribution is -2.20. The summed E-state index contributed by atoms with van der Waals surface area (Å²) < 4.78 is 40.0. The van der Waals surface area contributed by atoms with Crippen LogP contribution in [-0.4, -0.2) is 20.8 Å². The van der Waals surface area contributed by atoms with Crippen LogP contribution >= 0.6 is 0 Å². The van der Waals surface area contributed by atoms with Crippen molar-refractivity contribution in [2.45, 2.75) is 13.1 Å². The summed E-state index contributed by atoms with van der Waals surface area (Å²) in [6, 6.07) is 3.31. The summed E-state index contributed by atoms with van der Waals surface area (Å²) in [5, 5.41) is 15.3. The smallest absolute Gasteiger partial charge is 0.409 e. The van der Waals surface area contributed by atoms with Crippen LogP contribution in [0.15, 0.2) is 35.7 Å². The topological polar surface area (TPSA) is 76.4 Å². The average Bonchev–Trinajstić information content (AvgIpc) is 2.82. The molecule has 0 bridgehead atoms. The van der Waals surface area contributed by atoms with Gasteiger partial charge in [0.2, 0.25) is 0 Å². The van der Waals surface area contributed by atoms with Crippen LogP contribution in [-0.2, 0) is 6.18 Å². The highest BCUT2D eigenvalue weighted by molar-refractivity contribution is 5.99. The fourth-order valence-corrected chi connectivity index (χ4v) is 1.74. The fraction of sp³-hybridized carbons (Fsp3) is 0.167. The molecule has 0 radical (unpaired) electrons. The van der Waals surface area contributed by atoms with Crippen LogP contribution in [0.3, 0.4) is 0 Å². The molecule has 106 valence electrons. The molecule has 0 saturated carbocycles. The summed E-state index contributed by atoms with van der Waals surface area (Å²) in [4.78, 5) is 0. The zero-order chi connectivity index (χ0) is 14.9. The Morgan fingerprint density at radius 1 is 1.40 bits per heavy atom. The quantitative estimate of drug-likeness (QED) is 0.384. The Balaban J connectivity index is 2.60. The van der Waals surface area contributed by atoms with Gasteiger partial charge in [-0.3, -0.25) is 0 Å². The first-order valence-electron chi connectivity index (χ1n) is 5.53. The van der Waals surface area contributed by atoms with E-state index in [1.807, 2.05) is 0 Å². The van der Waals surface area contributed by atoms with Crippen LogP contribution in [0.1, 0.15) is 16.7 Å². The van der Waals surface area contributed by atoms with Crippen molar-refractivity contribution in [1.29, 1.82) is 0 Å². The van der Waals surface area contributed by atoms with Crippen LogP contribution in [0.4, 0.5) is 13.2 Å². The molecule has 3 N–H and O–H groups in total. The van der Waals surface area contributed by atoms with E-state index in [1.165, 1.54) is 16.8 Å². The van der Waals surface area contributed by atoms with Crippen molar-refractivity contribution >= 4 is 5.84 Å². The monoisotopic (exact) mass is 284 g/mol. The molecule has 5 nitrogen and oxygen atoms in total. The van der Waals surface area contributed by atoms with Crippen LogP contribution in [0.2, 0.25) is 0 Å². The maximum Gasteiger partial charge on any atom is 0.417 e. The fourth-order valence-electron chi connectivity index (χ4n) is 1.74. The number of amidine groups is 1. The van der Waals surface area contributed by atoms with E-state index in [2.05, 4.69) is 10.3 Å². The van der Waals surface area contributed by atoms with Gasteiger partial charge in [-0.25, -0.2) is 4.68 Å². The van der Waals surface area contributed by atoms with Gasteiger partial charge in [-0.15, -0.1) is 0 Å². The molecule has 0 aliphatic rings. The summed E-state index contributed by atoms with van der Waals surface area (Å²) in [6.45, 7) is 1.80. The van der Waals surface area contributed by atoms with Gasteiger partial charge in [0.05, 0.1) is 17.4 Å². The molecule has 0 aliphatic heterocycles. The zero-order valence-electron chi connectivity index (χ0n) is 10.4. The normalized spacial score (nSPS) is 12.7. The summed E-state index contributed by atoms with van der Waals surface area (Å²) >= 11 is 0. The first-order valence-corrected chi connectivity index (χ1v) is 5.53. The van der Waals surface area contributed by atoms with Gasteiger partial charge in [0.25, 0.3) is 0 Å². The molecule has 2 rings (SSSR count). The predicted octanol–water partition coefficient (Wildman–Crippen LogP) is 2.29. The van der Waals surface area contributed by atoms with E-state index in [9.17, 15) is 13.2 Å². The molecule has 0 amide bonds. The van der Waals surface area contributed by atoms with Gasteiger partial charge in [-0.2, -0.15) is 18.3 Å². The Morgan fingerprint density at radius 2 is 2.10 bits per heavy atom. The number of nitrogens with two attached hydrogens (primary N) is 1. The second kappa shape index (κ2) is 4.87. The average molecular weight is 284 g/mol. The number of hydrogen-bond donors (Lipinski definition) is 2. The van der Waals surface area contributed by atoms with E-state index < -0.39 is 23.1 Å². The number of rotatable bonds is 2. The number of hydrogen-bond acceptors (Lipinski definition) is 3. The maximum absolute atomic E-state index is 12.9. The van der Waals surface area contributed by atoms with E-state index in [1.54, 1.807) is 19.3 Å². The lowest BCUT2D eigenvalue weighted by molar-refractivity contribution is -0.137. The SMILES string of the molecule is Cc1cnn(-c2ccc(C(F)(F)F)c(/C(N)=N/O)c2)c1. The summed E-state index contributed by atoms with van der Waals surface area (Å²) in [7, 11) is 0. The Bertz CT molecular complexity index is 661. The van der Waals surface area contributed by atoms with Crippen molar-refractivity contribution in [2.75, 3.05) is 0 Å². The number of aromatic nitrogens is 2. The van der Waals surface area contributed by atoms with E-state index in [4.69, 9.17) is 10.9 Å². The number of benzene rings is 1. The molecule has 2 aromatic rings. The molecule has 1 aromatic carbocycles. The largest absolute Gasteiger partial charge is 0.417 e. The molecule has 0 saturated heterocycles. The van der Waals surface area contributed by atoms with Gasteiger partial charge in [-0.1, -0.05) is 5.16 Å². The highest BCUT2D eigenvalue weighted by atomic mass is 19.4. The molecule has 8 heteroatoms. The van der Waals surface area contributed by atoms with Crippen LogP contribution < -0.4 is 5.73 Å². The maximum atomic E-state index is 12.9. The molecule has 1 heterocycles. The highest BCUT2D eigenvalue weighted by Gasteiger charge is 2.34. The third-order valence-corrected chi connectivity index (χ3v) is 2.67. The molecule has 0 unspecified atom stereocenters. The minimum atomic E-state index is -4.59. The molecule has 0 atom stereocenters. The van der Waals surface area contributed by atoms with E-state index in [-0.39, 0.29) is 0 Å². The van der Waals surface area contributed by atoms with E-state index >= 15 is 0 Å². The number of nitrogens with zero attached hydrogens (tertiary/aromatic N) is 3. The standard InChI is InChI=1S/C12H11F3N4O/c1-7-5-17-19(6-7)8-2-3-10(12(13,14)15)9(4-8)11(16)18-20/h2-6,20H,1H3,(H2,16,18). The van der Waals surface area contributed by atoms with Crippen LogP contribution in [0.5, 0.6) is 0 Å². The van der Waals surface area contributed by atoms with Crippen molar-refractivity contribution < 1.29 is 18.4 Å². The van der Waals surface area contributed by atoms with Gasteiger partial charge in [0.15, 0.2) is 5.84 Å². The zero-order valence-corrected chi connectivity index (χ0v) is 10.4. The molecule has 0 fully saturated rings. The van der Waals surface area contributed by atoms with Crippen LogP contribution in [0, 0.1) is 6.92 Å². The number of aryl methyl sites for hydroxylation is 1. The number of alkyl halides is 3. The minimum absolute atomic E-state index is 0.382. The van der Waals surface area contributed by atoms with Gasteiger partial charge in [0.1, 0.15) is 0 Å². The molecular weight excluding hydrogens is 273 g/mol. The van der Waals surface area contributed by atoms with Gasteiger partial charge < -0.3 is 10.9 Å². The lowest BCUT2D eigenvalue weighted by atomic mass is 10.1. The molecular formula is C12H11F3N4O. The number of oxime groups is 1.